The van der Waals surface area contributed by atoms with Crippen molar-refractivity contribution in [1.29, 1.82) is 0 Å². The summed E-state index contributed by atoms with van der Waals surface area (Å²) in [5, 5.41) is 3.76. The number of carbonyl (C=O) groups excluding carboxylic acids is 2. The molecule has 5 rings (SSSR count). The minimum atomic E-state index is -0.491. The molecule has 0 saturated heterocycles. The maximum atomic E-state index is 12.6. The van der Waals surface area contributed by atoms with E-state index in [1.165, 1.54) is 0 Å². The number of nitrogens with zero attached hydrogens (tertiary/aromatic N) is 1. The fourth-order valence-electron chi connectivity index (χ4n) is 3.58. The minimum Gasteiger partial charge on any atom is -0.402 e. The van der Waals surface area contributed by atoms with Crippen molar-refractivity contribution < 1.29 is 14.3 Å². The second-order valence-electron chi connectivity index (χ2n) is 6.43. The molecule has 1 amide bonds. The Hall–Kier alpha value is -3.67. The Labute approximate surface area is 154 Å². The van der Waals surface area contributed by atoms with E-state index < -0.39 is 5.97 Å². The SMILES string of the molecule is O=C1OC(c2ccccc2)=NC1=C1CCNC(=O)c2[nH]c3ccccc3c21. The standard InChI is InChI=1S/C21H15N3O3/c25-19-18-16(13-8-4-5-9-15(13)23-18)14(10-11-22-19)17-21(26)27-20(24-17)12-6-2-1-3-7-12/h1-9,23H,10-11H2,(H,22,25). The molecule has 27 heavy (non-hydrogen) atoms. The Bertz CT molecular complexity index is 1160. The number of benzene rings is 2. The van der Waals surface area contributed by atoms with Crippen LogP contribution in [0.15, 0.2) is 65.3 Å². The average Bonchev–Trinajstić information content (AvgIpc) is 3.23. The number of para-hydroxylation sites is 1. The van der Waals surface area contributed by atoms with E-state index in [2.05, 4.69) is 15.3 Å². The van der Waals surface area contributed by atoms with Crippen molar-refractivity contribution in [1.82, 2.24) is 10.3 Å². The van der Waals surface area contributed by atoms with Crippen molar-refractivity contribution in [2.45, 2.75) is 6.42 Å². The van der Waals surface area contributed by atoms with Crippen LogP contribution in [0.2, 0.25) is 0 Å². The molecule has 2 aliphatic rings. The largest absolute Gasteiger partial charge is 0.402 e. The predicted octanol–water partition coefficient (Wildman–Crippen LogP) is 3.02. The number of H-pyrrole nitrogens is 1. The van der Waals surface area contributed by atoms with Gasteiger partial charge < -0.3 is 15.0 Å². The molecule has 6 heteroatoms. The second kappa shape index (κ2) is 5.95. The smallest absolute Gasteiger partial charge is 0.364 e. The molecular formula is C21H15N3O3. The highest BCUT2D eigenvalue weighted by Gasteiger charge is 2.32. The van der Waals surface area contributed by atoms with Crippen LogP contribution in [0.5, 0.6) is 0 Å². The van der Waals surface area contributed by atoms with Gasteiger partial charge in [-0.15, -0.1) is 0 Å². The summed E-state index contributed by atoms with van der Waals surface area (Å²) in [5.74, 6) is -0.391. The van der Waals surface area contributed by atoms with E-state index in [9.17, 15) is 9.59 Å². The highest BCUT2D eigenvalue weighted by Crippen LogP contribution is 2.36. The summed E-state index contributed by atoms with van der Waals surface area (Å²) in [5.41, 5.74) is 3.74. The lowest BCUT2D eigenvalue weighted by molar-refractivity contribution is -0.129. The molecule has 0 radical (unpaired) electrons. The minimum absolute atomic E-state index is 0.185. The summed E-state index contributed by atoms with van der Waals surface area (Å²) in [6.45, 7) is 0.429. The summed E-state index contributed by atoms with van der Waals surface area (Å²) in [4.78, 5) is 32.8. The van der Waals surface area contributed by atoms with Gasteiger partial charge in [-0.25, -0.2) is 9.79 Å². The highest BCUT2D eigenvalue weighted by molar-refractivity contribution is 6.17. The van der Waals surface area contributed by atoms with Crippen molar-refractivity contribution in [2.24, 2.45) is 4.99 Å². The molecule has 2 aliphatic heterocycles. The van der Waals surface area contributed by atoms with E-state index >= 15 is 0 Å². The molecule has 0 atom stereocenters. The van der Waals surface area contributed by atoms with Gasteiger partial charge in [-0.1, -0.05) is 36.4 Å². The van der Waals surface area contributed by atoms with Crippen LogP contribution in [-0.2, 0) is 9.53 Å². The van der Waals surface area contributed by atoms with Crippen LogP contribution in [0.1, 0.15) is 28.0 Å². The lowest BCUT2D eigenvalue weighted by Crippen LogP contribution is -2.22. The Morgan fingerprint density at radius 1 is 0.963 bits per heavy atom. The normalized spacial score (nSPS) is 19.3. The molecule has 0 aliphatic carbocycles. The van der Waals surface area contributed by atoms with Crippen LogP contribution in [0.25, 0.3) is 16.5 Å². The third kappa shape index (κ3) is 2.45. The fraction of sp³-hybridized carbons (Fsp3) is 0.0952. The molecular weight excluding hydrogens is 342 g/mol. The lowest BCUT2D eigenvalue weighted by Gasteiger charge is -2.05. The molecule has 3 aromatic rings. The van der Waals surface area contributed by atoms with Gasteiger partial charge in [0.05, 0.1) is 0 Å². The van der Waals surface area contributed by atoms with Crippen LogP contribution in [0, 0.1) is 0 Å². The number of rotatable bonds is 1. The number of esters is 1. The van der Waals surface area contributed by atoms with Crippen LogP contribution in [-0.4, -0.2) is 29.3 Å². The number of hydrogen-bond donors (Lipinski definition) is 2. The zero-order valence-corrected chi connectivity index (χ0v) is 14.3. The number of ether oxygens (including phenoxy) is 1. The number of aliphatic imine (C=N–C) groups is 1. The summed E-state index contributed by atoms with van der Waals surface area (Å²) < 4.78 is 5.42. The van der Waals surface area contributed by atoms with Gasteiger partial charge in [0.15, 0.2) is 5.70 Å². The summed E-state index contributed by atoms with van der Waals surface area (Å²) >= 11 is 0. The fourth-order valence-corrected chi connectivity index (χ4v) is 3.58. The number of aromatic nitrogens is 1. The Morgan fingerprint density at radius 2 is 1.74 bits per heavy atom. The molecule has 1 aromatic heterocycles. The first-order valence-electron chi connectivity index (χ1n) is 8.71. The first-order chi connectivity index (χ1) is 13.2. The molecule has 132 valence electrons. The Kier molecular flexibility index (Phi) is 3.43. The second-order valence-corrected chi connectivity index (χ2v) is 6.43. The molecule has 2 aromatic carbocycles. The molecule has 0 spiro atoms. The topological polar surface area (TPSA) is 83.5 Å². The zero-order valence-electron chi connectivity index (χ0n) is 14.3. The maximum absolute atomic E-state index is 12.6. The summed E-state index contributed by atoms with van der Waals surface area (Å²) in [7, 11) is 0. The number of cyclic esters (lactones) is 1. The van der Waals surface area contributed by atoms with Crippen LogP contribution in [0.3, 0.4) is 0 Å². The van der Waals surface area contributed by atoms with Crippen molar-refractivity contribution in [3.05, 3.63) is 77.1 Å². The van der Waals surface area contributed by atoms with Crippen LogP contribution < -0.4 is 5.32 Å². The number of carbonyl (C=O) groups is 2. The van der Waals surface area contributed by atoms with Gasteiger partial charge in [0, 0.05) is 28.6 Å². The first-order valence-corrected chi connectivity index (χ1v) is 8.71. The van der Waals surface area contributed by atoms with E-state index in [-0.39, 0.29) is 17.5 Å². The van der Waals surface area contributed by atoms with Gasteiger partial charge in [0.2, 0.25) is 5.90 Å². The number of aromatic amines is 1. The predicted molar refractivity (Wildman–Crippen MR) is 101 cm³/mol. The van der Waals surface area contributed by atoms with Crippen LogP contribution >= 0.6 is 0 Å². The quantitative estimate of drug-likeness (QED) is 0.519. The first kappa shape index (κ1) is 15.6. The van der Waals surface area contributed by atoms with Gasteiger partial charge in [0.25, 0.3) is 5.91 Å². The number of fused-ring (bicyclic) bond motifs is 3. The molecule has 0 fully saturated rings. The summed E-state index contributed by atoms with van der Waals surface area (Å²) in [6.07, 6.45) is 0.497. The number of hydrogen-bond acceptors (Lipinski definition) is 4. The highest BCUT2D eigenvalue weighted by atomic mass is 16.6. The van der Waals surface area contributed by atoms with Crippen molar-refractivity contribution in [3.8, 4) is 0 Å². The molecule has 2 N–H and O–H groups in total. The van der Waals surface area contributed by atoms with E-state index in [0.717, 1.165) is 27.6 Å². The van der Waals surface area contributed by atoms with Crippen LogP contribution in [0.4, 0.5) is 0 Å². The molecule has 0 saturated carbocycles. The van der Waals surface area contributed by atoms with Crippen molar-refractivity contribution >= 4 is 34.3 Å². The van der Waals surface area contributed by atoms with Gasteiger partial charge in [-0.3, -0.25) is 4.79 Å². The van der Waals surface area contributed by atoms with Gasteiger partial charge in [-0.2, -0.15) is 0 Å². The maximum Gasteiger partial charge on any atom is 0.364 e. The van der Waals surface area contributed by atoms with Gasteiger partial charge in [0.1, 0.15) is 5.69 Å². The van der Waals surface area contributed by atoms with E-state index in [1.807, 2.05) is 54.6 Å². The molecule has 3 heterocycles. The molecule has 0 unspecified atom stereocenters. The third-order valence-electron chi connectivity index (χ3n) is 4.80. The van der Waals surface area contributed by atoms with Crippen molar-refractivity contribution in [2.75, 3.05) is 6.54 Å². The third-order valence-corrected chi connectivity index (χ3v) is 4.80. The number of nitrogens with one attached hydrogen (secondary N) is 2. The lowest BCUT2D eigenvalue weighted by atomic mass is 9.98. The molecule has 6 nitrogen and oxygen atoms in total. The van der Waals surface area contributed by atoms with E-state index in [0.29, 0.717) is 18.7 Å². The average molecular weight is 357 g/mol. The Morgan fingerprint density at radius 3 is 2.59 bits per heavy atom. The number of amides is 1. The monoisotopic (exact) mass is 357 g/mol. The summed E-state index contributed by atoms with van der Waals surface area (Å²) in [6, 6.07) is 17.0. The van der Waals surface area contributed by atoms with E-state index in [1.54, 1.807) is 0 Å². The molecule has 0 bridgehead atoms. The van der Waals surface area contributed by atoms with E-state index in [4.69, 9.17) is 4.74 Å². The Balaban J connectivity index is 1.75. The van der Waals surface area contributed by atoms with Gasteiger partial charge in [-0.05, 0) is 30.2 Å². The zero-order chi connectivity index (χ0) is 18.4. The van der Waals surface area contributed by atoms with Gasteiger partial charge >= 0.3 is 5.97 Å². The van der Waals surface area contributed by atoms with Crippen molar-refractivity contribution in [3.63, 3.8) is 0 Å².